The summed E-state index contributed by atoms with van der Waals surface area (Å²) in [5.74, 6) is 0. The van der Waals surface area contributed by atoms with E-state index in [1.54, 1.807) is 0 Å². The van der Waals surface area contributed by atoms with E-state index in [1.807, 2.05) is 36.4 Å². The Morgan fingerprint density at radius 1 is 1.31 bits per heavy atom. The van der Waals surface area contributed by atoms with E-state index in [2.05, 4.69) is 5.32 Å². The van der Waals surface area contributed by atoms with Crippen LogP contribution in [0.25, 0.3) is 6.08 Å². The second-order valence-electron chi connectivity index (χ2n) is 2.78. The number of benzene rings is 1. The quantitative estimate of drug-likeness (QED) is 0.706. The Kier molecular flexibility index (Phi) is 2.00. The van der Waals surface area contributed by atoms with Crippen molar-refractivity contribution in [3.8, 4) is 0 Å². The molecule has 0 aliphatic carbocycles. The highest BCUT2D eigenvalue weighted by Crippen LogP contribution is 2.08. The Balaban J connectivity index is 2.17. The van der Waals surface area contributed by atoms with E-state index >= 15 is 0 Å². The third-order valence-corrected chi connectivity index (χ3v) is 1.76. The van der Waals surface area contributed by atoms with Crippen molar-refractivity contribution in [2.75, 3.05) is 6.61 Å². The van der Waals surface area contributed by atoms with E-state index in [-0.39, 0.29) is 6.09 Å². The third-order valence-electron chi connectivity index (χ3n) is 1.76. The minimum Gasteiger partial charge on any atom is -0.443 e. The van der Waals surface area contributed by atoms with Gasteiger partial charge in [-0.1, -0.05) is 30.3 Å². The number of alkyl carbamates (subject to hydrolysis) is 1. The number of cyclic esters (lactones) is 1. The predicted octanol–water partition coefficient (Wildman–Crippen LogP) is 1.77. The summed E-state index contributed by atoms with van der Waals surface area (Å²) in [6.07, 6.45) is 1.52. The SMILES string of the molecule is O=C1NC(=Cc2ccccc2)CO1. The van der Waals surface area contributed by atoms with Gasteiger partial charge in [-0.25, -0.2) is 4.79 Å². The molecule has 0 atom stereocenters. The standard InChI is InChI=1S/C10H9NO2/c12-10-11-9(7-13-10)6-8-4-2-1-3-5-8/h1-6H,7H2,(H,11,12). The first-order chi connectivity index (χ1) is 6.34. The Labute approximate surface area is 76.0 Å². The molecule has 1 heterocycles. The van der Waals surface area contributed by atoms with Gasteiger partial charge in [0.05, 0.1) is 5.70 Å². The molecule has 1 amide bonds. The average Bonchev–Trinajstić information content (AvgIpc) is 2.53. The van der Waals surface area contributed by atoms with E-state index in [0.717, 1.165) is 11.3 Å². The van der Waals surface area contributed by atoms with Crippen molar-refractivity contribution in [1.29, 1.82) is 0 Å². The van der Waals surface area contributed by atoms with Gasteiger partial charge in [-0.05, 0) is 11.6 Å². The molecule has 1 aromatic carbocycles. The van der Waals surface area contributed by atoms with Crippen LogP contribution in [0.5, 0.6) is 0 Å². The number of carbonyl (C=O) groups excluding carboxylic acids is 1. The zero-order valence-corrected chi connectivity index (χ0v) is 6.99. The molecule has 1 aromatic rings. The van der Waals surface area contributed by atoms with Crippen LogP contribution in [0, 0.1) is 0 Å². The first kappa shape index (κ1) is 7.86. The number of amides is 1. The number of ether oxygens (including phenoxy) is 1. The lowest BCUT2D eigenvalue weighted by Crippen LogP contribution is -2.10. The van der Waals surface area contributed by atoms with Gasteiger partial charge >= 0.3 is 6.09 Å². The fraction of sp³-hybridized carbons (Fsp3) is 0.100. The highest BCUT2D eigenvalue weighted by Gasteiger charge is 2.14. The summed E-state index contributed by atoms with van der Waals surface area (Å²) in [7, 11) is 0. The van der Waals surface area contributed by atoms with Gasteiger partial charge in [0.15, 0.2) is 0 Å². The maximum absolute atomic E-state index is 10.7. The van der Waals surface area contributed by atoms with Crippen LogP contribution in [-0.2, 0) is 4.74 Å². The van der Waals surface area contributed by atoms with Crippen molar-refractivity contribution in [2.24, 2.45) is 0 Å². The molecule has 0 saturated carbocycles. The topological polar surface area (TPSA) is 38.3 Å². The Morgan fingerprint density at radius 2 is 2.08 bits per heavy atom. The molecular formula is C10H9NO2. The van der Waals surface area contributed by atoms with Crippen LogP contribution >= 0.6 is 0 Å². The molecule has 3 heteroatoms. The normalized spacial score (nSPS) is 18.5. The van der Waals surface area contributed by atoms with Crippen LogP contribution in [0.15, 0.2) is 36.0 Å². The highest BCUT2D eigenvalue weighted by molar-refractivity contribution is 5.75. The Bertz CT molecular complexity index is 343. The number of hydrogen-bond acceptors (Lipinski definition) is 2. The summed E-state index contributed by atoms with van der Waals surface area (Å²) in [5, 5.41) is 2.60. The largest absolute Gasteiger partial charge is 0.443 e. The molecule has 1 fully saturated rings. The van der Waals surface area contributed by atoms with E-state index < -0.39 is 0 Å². The number of nitrogens with one attached hydrogen (secondary N) is 1. The van der Waals surface area contributed by atoms with Crippen molar-refractivity contribution in [1.82, 2.24) is 5.32 Å². The monoisotopic (exact) mass is 175 g/mol. The minimum atomic E-state index is -0.373. The van der Waals surface area contributed by atoms with Crippen LogP contribution < -0.4 is 5.32 Å². The van der Waals surface area contributed by atoms with Gasteiger partial charge in [0, 0.05) is 0 Å². The molecule has 0 radical (unpaired) electrons. The summed E-state index contributed by atoms with van der Waals surface area (Å²) in [4.78, 5) is 10.7. The van der Waals surface area contributed by atoms with Crippen LogP contribution in [0.4, 0.5) is 4.79 Å². The van der Waals surface area contributed by atoms with E-state index in [1.165, 1.54) is 0 Å². The van der Waals surface area contributed by atoms with Crippen molar-refractivity contribution in [2.45, 2.75) is 0 Å². The molecule has 66 valence electrons. The fourth-order valence-electron chi connectivity index (χ4n) is 1.17. The van der Waals surface area contributed by atoms with E-state index in [4.69, 9.17) is 4.74 Å². The predicted molar refractivity (Wildman–Crippen MR) is 48.9 cm³/mol. The first-order valence-electron chi connectivity index (χ1n) is 4.04. The molecule has 1 N–H and O–H groups in total. The van der Waals surface area contributed by atoms with Gasteiger partial charge in [0.2, 0.25) is 0 Å². The number of carbonyl (C=O) groups is 1. The maximum Gasteiger partial charge on any atom is 0.411 e. The molecule has 1 saturated heterocycles. The molecular weight excluding hydrogens is 166 g/mol. The lowest BCUT2D eigenvalue weighted by Gasteiger charge is -1.94. The third kappa shape index (κ3) is 1.87. The van der Waals surface area contributed by atoms with Crippen molar-refractivity contribution in [3.63, 3.8) is 0 Å². The lowest BCUT2D eigenvalue weighted by molar-refractivity contribution is 0.179. The van der Waals surface area contributed by atoms with E-state index in [0.29, 0.717) is 6.61 Å². The average molecular weight is 175 g/mol. The first-order valence-corrected chi connectivity index (χ1v) is 4.04. The molecule has 0 unspecified atom stereocenters. The van der Waals surface area contributed by atoms with Gasteiger partial charge in [0.1, 0.15) is 6.61 Å². The van der Waals surface area contributed by atoms with Crippen molar-refractivity contribution >= 4 is 12.2 Å². The fourth-order valence-corrected chi connectivity index (χ4v) is 1.17. The number of rotatable bonds is 1. The van der Waals surface area contributed by atoms with Gasteiger partial charge < -0.3 is 4.74 Å². The van der Waals surface area contributed by atoms with Crippen LogP contribution in [0.2, 0.25) is 0 Å². The smallest absolute Gasteiger partial charge is 0.411 e. The maximum atomic E-state index is 10.7. The van der Waals surface area contributed by atoms with Crippen molar-refractivity contribution < 1.29 is 9.53 Å². The molecule has 13 heavy (non-hydrogen) atoms. The van der Waals surface area contributed by atoms with Crippen LogP contribution in [-0.4, -0.2) is 12.7 Å². The highest BCUT2D eigenvalue weighted by atomic mass is 16.6. The lowest BCUT2D eigenvalue weighted by atomic mass is 10.2. The summed E-state index contributed by atoms with van der Waals surface area (Å²) >= 11 is 0. The van der Waals surface area contributed by atoms with Gasteiger partial charge in [-0.15, -0.1) is 0 Å². The van der Waals surface area contributed by atoms with E-state index in [9.17, 15) is 4.79 Å². The van der Waals surface area contributed by atoms with Crippen molar-refractivity contribution in [3.05, 3.63) is 41.6 Å². The van der Waals surface area contributed by atoms with Gasteiger partial charge in [-0.2, -0.15) is 0 Å². The number of hydrogen-bond donors (Lipinski definition) is 1. The van der Waals surface area contributed by atoms with Crippen LogP contribution in [0.1, 0.15) is 5.56 Å². The molecule has 3 nitrogen and oxygen atoms in total. The molecule has 0 bridgehead atoms. The van der Waals surface area contributed by atoms with Gasteiger partial charge in [-0.3, -0.25) is 5.32 Å². The zero-order valence-electron chi connectivity index (χ0n) is 6.99. The summed E-state index contributed by atoms with van der Waals surface area (Å²) < 4.78 is 4.72. The van der Waals surface area contributed by atoms with Crippen LogP contribution in [0.3, 0.4) is 0 Å². The second kappa shape index (κ2) is 3.31. The molecule has 1 aliphatic rings. The molecule has 0 spiro atoms. The summed E-state index contributed by atoms with van der Waals surface area (Å²) in [5.41, 5.74) is 1.86. The zero-order chi connectivity index (χ0) is 9.10. The second-order valence-corrected chi connectivity index (χ2v) is 2.78. The molecule has 2 rings (SSSR count). The molecule has 0 aromatic heterocycles. The summed E-state index contributed by atoms with van der Waals surface area (Å²) in [6, 6.07) is 9.79. The Morgan fingerprint density at radius 3 is 2.69 bits per heavy atom. The summed E-state index contributed by atoms with van der Waals surface area (Å²) in [6.45, 7) is 0.341. The minimum absolute atomic E-state index is 0.341. The molecule has 1 aliphatic heterocycles. The van der Waals surface area contributed by atoms with Gasteiger partial charge in [0.25, 0.3) is 0 Å². The Hall–Kier alpha value is -1.77.